The third-order valence-corrected chi connectivity index (χ3v) is 6.71. The maximum atomic E-state index is 13.6. The van der Waals surface area contributed by atoms with E-state index in [-0.39, 0.29) is 30.2 Å². The molecule has 2 N–H and O–H groups in total. The van der Waals surface area contributed by atoms with Crippen LogP contribution < -0.4 is 15.4 Å². The molecule has 0 spiro atoms. The fourth-order valence-electron chi connectivity index (χ4n) is 4.64. The summed E-state index contributed by atoms with van der Waals surface area (Å²) < 4.78 is 5.99. The Hall–Kier alpha value is -4.13. The Morgan fingerprint density at radius 3 is 2.29 bits per heavy atom. The topological polar surface area (TPSA) is 87.7 Å². The number of amides is 3. The third-order valence-electron chi connectivity index (χ3n) is 6.71. The lowest BCUT2D eigenvalue weighted by atomic mass is 9.91. The number of ether oxygens (including phenoxy) is 1. The molecule has 1 aliphatic rings. The highest BCUT2D eigenvalue weighted by molar-refractivity contribution is 5.98. The van der Waals surface area contributed by atoms with Crippen molar-refractivity contribution in [1.82, 2.24) is 15.5 Å². The molecule has 3 aromatic carbocycles. The first-order chi connectivity index (χ1) is 18.6. The maximum Gasteiger partial charge on any atom is 0.258 e. The molecule has 1 saturated heterocycles. The summed E-state index contributed by atoms with van der Waals surface area (Å²) in [5, 5.41) is 5.95. The molecular formula is C31H35N3O4. The van der Waals surface area contributed by atoms with Crippen molar-refractivity contribution in [1.29, 1.82) is 0 Å². The maximum absolute atomic E-state index is 13.6. The van der Waals surface area contributed by atoms with Crippen LogP contribution in [0.1, 0.15) is 53.1 Å². The second kappa shape index (κ2) is 14.0. The van der Waals surface area contributed by atoms with Gasteiger partial charge in [-0.05, 0) is 48.4 Å². The average molecular weight is 514 g/mol. The molecule has 0 aliphatic carbocycles. The molecule has 4 rings (SSSR count). The van der Waals surface area contributed by atoms with Crippen LogP contribution in [0.15, 0.2) is 84.9 Å². The van der Waals surface area contributed by atoms with Gasteiger partial charge in [-0.25, -0.2) is 0 Å². The highest BCUT2D eigenvalue weighted by Gasteiger charge is 2.23. The van der Waals surface area contributed by atoms with Crippen LogP contribution in [0.4, 0.5) is 0 Å². The minimum atomic E-state index is -0.274. The number of carbonyl (C=O) groups excluding carboxylic acids is 3. The van der Waals surface area contributed by atoms with E-state index in [1.807, 2.05) is 54.6 Å². The monoisotopic (exact) mass is 513 g/mol. The molecule has 7 nitrogen and oxygen atoms in total. The summed E-state index contributed by atoms with van der Waals surface area (Å²) in [6.07, 6.45) is 2.39. The van der Waals surface area contributed by atoms with Crippen molar-refractivity contribution in [3.8, 4) is 5.75 Å². The number of hydrogen-bond acceptors (Lipinski definition) is 4. The first kappa shape index (κ1) is 26.9. The highest BCUT2D eigenvalue weighted by atomic mass is 16.5. The first-order valence-electron chi connectivity index (χ1n) is 13.2. The lowest BCUT2D eigenvalue weighted by Gasteiger charge is -2.24. The zero-order chi connectivity index (χ0) is 26.6. The molecule has 1 fully saturated rings. The van der Waals surface area contributed by atoms with E-state index in [4.69, 9.17) is 4.74 Å². The largest absolute Gasteiger partial charge is 0.488 e. The molecule has 7 heteroatoms. The van der Waals surface area contributed by atoms with E-state index < -0.39 is 0 Å². The highest BCUT2D eigenvalue weighted by Crippen LogP contribution is 2.25. The van der Waals surface area contributed by atoms with Crippen LogP contribution in [-0.4, -0.2) is 48.8 Å². The molecule has 1 heterocycles. The Labute approximate surface area is 224 Å². The predicted octanol–water partition coefficient (Wildman–Crippen LogP) is 4.30. The lowest BCUT2D eigenvalue weighted by Crippen LogP contribution is -2.42. The standard InChI is InChI=1S/C31H35N3O4/c35-29-17-16-26(25-12-5-2-6-13-25)18-20-33-30(36)22-34(21-9-19-32-29)31(37)27-14-7-8-15-28(27)38-23-24-10-3-1-4-11-24/h1-8,10-15,26H,9,16-23H2,(H,32,35)(H,33,36). The molecule has 0 aromatic heterocycles. The van der Waals surface area contributed by atoms with Gasteiger partial charge in [0.25, 0.3) is 5.91 Å². The number of para-hydroxylation sites is 1. The summed E-state index contributed by atoms with van der Waals surface area (Å²) in [7, 11) is 0. The first-order valence-corrected chi connectivity index (χ1v) is 13.2. The van der Waals surface area contributed by atoms with Gasteiger partial charge in [0.2, 0.25) is 11.8 Å². The Kier molecular flexibility index (Phi) is 9.90. The van der Waals surface area contributed by atoms with Gasteiger partial charge in [-0.1, -0.05) is 72.8 Å². The molecule has 0 bridgehead atoms. The van der Waals surface area contributed by atoms with E-state index in [1.54, 1.807) is 18.2 Å². The summed E-state index contributed by atoms with van der Waals surface area (Å²) >= 11 is 0. The lowest BCUT2D eigenvalue weighted by molar-refractivity contribution is -0.123. The molecule has 3 amide bonds. The van der Waals surface area contributed by atoms with Crippen LogP contribution in [0.2, 0.25) is 0 Å². The fraction of sp³-hybridized carbons (Fsp3) is 0.323. The van der Waals surface area contributed by atoms with Gasteiger partial charge >= 0.3 is 0 Å². The van der Waals surface area contributed by atoms with E-state index in [1.165, 1.54) is 4.90 Å². The van der Waals surface area contributed by atoms with E-state index in [2.05, 4.69) is 22.8 Å². The smallest absolute Gasteiger partial charge is 0.258 e. The molecule has 0 saturated carbocycles. The van der Waals surface area contributed by atoms with Crippen molar-refractivity contribution in [3.05, 3.63) is 102 Å². The summed E-state index contributed by atoms with van der Waals surface area (Å²) in [6.45, 7) is 1.52. The van der Waals surface area contributed by atoms with Gasteiger partial charge in [0.15, 0.2) is 0 Å². The quantitative estimate of drug-likeness (QED) is 0.533. The van der Waals surface area contributed by atoms with Gasteiger partial charge in [-0.3, -0.25) is 14.4 Å². The Bertz CT molecular complexity index is 1200. The summed E-state index contributed by atoms with van der Waals surface area (Å²) in [5.41, 5.74) is 2.56. The van der Waals surface area contributed by atoms with Crippen molar-refractivity contribution in [2.75, 3.05) is 26.2 Å². The van der Waals surface area contributed by atoms with Gasteiger partial charge in [0.1, 0.15) is 12.4 Å². The number of rotatable bonds is 5. The van der Waals surface area contributed by atoms with Crippen molar-refractivity contribution in [2.24, 2.45) is 0 Å². The average Bonchev–Trinajstić information content (AvgIpc) is 2.95. The van der Waals surface area contributed by atoms with Gasteiger partial charge in [0.05, 0.1) is 12.1 Å². The predicted molar refractivity (Wildman–Crippen MR) is 147 cm³/mol. The molecule has 1 unspecified atom stereocenters. The number of nitrogens with one attached hydrogen (secondary N) is 2. The molecule has 38 heavy (non-hydrogen) atoms. The molecule has 1 aliphatic heterocycles. The van der Waals surface area contributed by atoms with E-state index in [0.29, 0.717) is 56.8 Å². The summed E-state index contributed by atoms with van der Waals surface area (Å²) in [4.78, 5) is 40.5. The third kappa shape index (κ3) is 7.93. The summed E-state index contributed by atoms with van der Waals surface area (Å²) in [5.74, 6) is 0.166. The van der Waals surface area contributed by atoms with Crippen molar-refractivity contribution in [2.45, 2.75) is 38.2 Å². The zero-order valence-electron chi connectivity index (χ0n) is 21.6. The van der Waals surface area contributed by atoms with Crippen LogP contribution in [0.5, 0.6) is 5.75 Å². The Morgan fingerprint density at radius 1 is 0.816 bits per heavy atom. The molecule has 0 radical (unpaired) electrons. The molecule has 1 atom stereocenters. The fourth-order valence-corrected chi connectivity index (χ4v) is 4.64. The second-order valence-electron chi connectivity index (χ2n) is 9.49. The molecular weight excluding hydrogens is 478 g/mol. The number of carbonyl (C=O) groups is 3. The van der Waals surface area contributed by atoms with Crippen LogP contribution in [-0.2, 0) is 16.2 Å². The zero-order valence-corrected chi connectivity index (χ0v) is 21.6. The van der Waals surface area contributed by atoms with Crippen LogP contribution >= 0.6 is 0 Å². The minimum absolute atomic E-state index is 0.00422. The molecule has 3 aromatic rings. The van der Waals surface area contributed by atoms with Crippen molar-refractivity contribution in [3.63, 3.8) is 0 Å². The SMILES string of the molecule is O=C1CCC(c2ccccc2)CCNC(=O)CN(C(=O)c2ccccc2OCc2ccccc2)CCCN1. The van der Waals surface area contributed by atoms with E-state index in [9.17, 15) is 14.4 Å². The van der Waals surface area contributed by atoms with Crippen LogP contribution in [0.3, 0.4) is 0 Å². The van der Waals surface area contributed by atoms with Crippen molar-refractivity contribution >= 4 is 17.7 Å². The van der Waals surface area contributed by atoms with Crippen LogP contribution in [0.25, 0.3) is 0 Å². The number of benzene rings is 3. The van der Waals surface area contributed by atoms with Crippen LogP contribution in [0, 0.1) is 0 Å². The van der Waals surface area contributed by atoms with Gasteiger partial charge in [0, 0.05) is 26.1 Å². The minimum Gasteiger partial charge on any atom is -0.488 e. The number of hydrogen-bond donors (Lipinski definition) is 2. The van der Waals surface area contributed by atoms with Crippen molar-refractivity contribution < 1.29 is 19.1 Å². The second-order valence-corrected chi connectivity index (χ2v) is 9.49. The van der Waals surface area contributed by atoms with Gasteiger partial charge in [-0.2, -0.15) is 0 Å². The van der Waals surface area contributed by atoms with Gasteiger partial charge in [-0.15, -0.1) is 0 Å². The Morgan fingerprint density at radius 2 is 1.50 bits per heavy atom. The van der Waals surface area contributed by atoms with Gasteiger partial charge < -0.3 is 20.3 Å². The Balaban J connectivity index is 1.45. The molecule has 198 valence electrons. The summed E-state index contributed by atoms with van der Waals surface area (Å²) in [6, 6.07) is 26.9. The number of nitrogens with zero attached hydrogens (tertiary/aromatic N) is 1. The normalized spacial score (nSPS) is 17.6. The van der Waals surface area contributed by atoms with E-state index in [0.717, 1.165) is 17.5 Å². The van der Waals surface area contributed by atoms with E-state index >= 15 is 0 Å².